The minimum atomic E-state index is -0.220. The van der Waals surface area contributed by atoms with Gasteiger partial charge in [-0.1, -0.05) is 0 Å². The summed E-state index contributed by atoms with van der Waals surface area (Å²) in [6.07, 6.45) is 2.26. The second kappa shape index (κ2) is 5.97. The Morgan fingerprint density at radius 2 is 2.24 bits per heavy atom. The fourth-order valence-corrected chi connectivity index (χ4v) is 4.00. The van der Waals surface area contributed by atoms with Gasteiger partial charge in [-0.15, -0.1) is 11.3 Å². The Kier molecular flexibility index (Phi) is 4.05. The summed E-state index contributed by atoms with van der Waals surface area (Å²) >= 11 is 1.82. The predicted octanol–water partition coefficient (Wildman–Crippen LogP) is 4.40. The molecule has 2 heterocycles. The molecule has 21 heavy (non-hydrogen) atoms. The molecule has 0 aliphatic carbocycles. The van der Waals surface area contributed by atoms with Crippen LogP contribution in [0.25, 0.3) is 0 Å². The highest BCUT2D eigenvalue weighted by Crippen LogP contribution is 2.36. The minimum absolute atomic E-state index is 0.220. The van der Waals surface area contributed by atoms with Crippen LogP contribution in [0.4, 0.5) is 4.39 Å². The Bertz CT molecular complexity index is 686. The minimum Gasteiger partial charge on any atom is -0.291 e. The first-order valence-electron chi connectivity index (χ1n) is 7.16. The van der Waals surface area contributed by atoms with Crippen molar-refractivity contribution in [1.29, 1.82) is 5.26 Å². The largest absolute Gasteiger partial charge is 0.291 e. The third-order valence-corrected chi connectivity index (χ3v) is 5.10. The molecule has 0 N–H and O–H groups in total. The van der Waals surface area contributed by atoms with Gasteiger partial charge in [0.25, 0.3) is 0 Å². The lowest BCUT2D eigenvalue weighted by Gasteiger charge is -2.24. The van der Waals surface area contributed by atoms with Gasteiger partial charge in [-0.25, -0.2) is 4.39 Å². The highest BCUT2D eigenvalue weighted by molar-refractivity contribution is 7.12. The molecule has 1 unspecified atom stereocenters. The lowest BCUT2D eigenvalue weighted by Crippen LogP contribution is -2.22. The van der Waals surface area contributed by atoms with Gasteiger partial charge in [0.05, 0.1) is 11.6 Å². The zero-order chi connectivity index (χ0) is 14.8. The van der Waals surface area contributed by atoms with Crippen LogP contribution >= 0.6 is 11.3 Å². The van der Waals surface area contributed by atoms with Gasteiger partial charge in [0, 0.05) is 27.9 Å². The first kappa shape index (κ1) is 14.2. The van der Waals surface area contributed by atoms with Crippen molar-refractivity contribution in [2.75, 3.05) is 6.54 Å². The summed E-state index contributed by atoms with van der Waals surface area (Å²) < 4.78 is 14.0. The van der Waals surface area contributed by atoms with E-state index in [0.29, 0.717) is 23.7 Å². The van der Waals surface area contributed by atoms with Gasteiger partial charge in [-0.3, -0.25) is 4.90 Å². The summed E-state index contributed by atoms with van der Waals surface area (Å²) in [5, 5.41) is 8.96. The maximum atomic E-state index is 14.0. The van der Waals surface area contributed by atoms with Crippen LogP contribution in [-0.4, -0.2) is 11.4 Å². The monoisotopic (exact) mass is 300 g/mol. The van der Waals surface area contributed by atoms with Gasteiger partial charge in [-0.05, 0) is 56.6 Å². The summed E-state index contributed by atoms with van der Waals surface area (Å²) in [5.41, 5.74) is 1.14. The van der Waals surface area contributed by atoms with E-state index in [1.165, 1.54) is 21.9 Å². The van der Waals surface area contributed by atoms with Crippen LogP contribution in [-0.2, 0) is 6.54 Å². The van der Waals surface area contributed by atoms with Gasteiger partial charge < -0.3 is 0 Å². The van der Waals surface area contributed by atoms with Crippen LogP contribution < -0.4 is 0 Å². The molecular formula is C17H17FN2S. The quantitative estimate of drug-likeness (QED) is 0.840. The first-order valence-corrected chi connectivity index (χ1v) is 7.98. The van der Waals surface area contributed by atoms with Gasteiger partial charge in [0.15, 0.2) is 0 Å². The molecule has 0 spiro atoms. The van der Waals surface area contributed by atoms with E-state index in [0.717, 1.165) is 19.4 Å². The number of thiophene rings is 1. The van der Waals surface area contributed by atoms with Crippen molar-refractivity contribution in [3.05, 3.63) is 57.0 Å². The average Bonchev–Trinajstić information content (AvgIpc) is 3.10. The summed E-state index contributed by atoms with van der Waals surface area (Å²) in [7, 11) is 0. The van der Waals surface area contributed by atoms with Crippen molar-refractivity contribution in [2.45, 2.75) is 32.4 Å². The Labute approximate surface area is 128 Å². The van der Waals surface area contributed by atoms with E-state index in [1.54, 1.807) is 6.07 Å². The molecule has 1 aliphatic rings. The second-order valence-corrected chi connectivity index (χ2v) is 6.81. The number of hydrogen-bond donors (Lipinski definition) is 0. The molecule has 2 nitrogen and oxygen atoms in total. The summed E-state index contributed by atoms with van der Waals surface area (Å²) in [6, 6.07) is 11.4. The van der Waals surface area contributed by atoms with E-state index in [1.807, 2.05) is 11.3 Å². The fourth-order valence-electron chi connectivity index (χ4n) is 2.95. The highest BCUT2D eigenvalue weighted by Gasteiger charge is 2.27. The lowest BCUT2D eigenvalue weighted by atomic mass is 10.1. The smallest absolute Gasteiger partial charge is 0.127 e. The molecule has 1 saturated heterocycles. The zero-order valence-electron chi connectivity index (χ0n) is 12.0. The standard InChI is InChI=1S/C17H17FN2S/c1-12-4-7-17(21-12)16-3-2-8-20(16)11-14-9-13(10-19)5-6-15(14)18/h4-7,9,16H,2-3,8,11H2,1H3. The van der Waals surface area contributed by atoms with Crippen LogP contribution in [0.1, 0.15) is 39.8 Å². The average molecular weight is 300 g/mol. The van der Waals surface area contributed by atoms with E-state index in [4.69, 9.17) is 5.26 Å². The molecule has 4 heteroatoms. The van der Waals surface area contributed by atoms with Crippen molar-refractivity contribution < 1.29 is 4.39 Å². The van der Waals surface area contributed by atoms with Crippen molar-refractivity contribution >= 4 is 11.3 Å². The summed E-state index contributed by atoms with van der Waals surface area (Å²) in [6.45, 7) is 3.67. The molecule has 1 aliphatic heterocycles. The number of likely N-dealkylation sites (tertiary alicyclic amines) is 1. The highest BCUT2D eigenvalue weighted by atomic mass is 32.1. The molecule has 2 aromatic rings. The number of nitrogens with zero attached hydrogens (tertiary/aromatic N) is 2. The Morgan fingerprint density at radius 1 is 1.38 bits per heavy atom. The Hall–Kier alpha value is -1.70. The molecule has 1 aromatic heterocycles. The van der Waals surface area contributed by atoms with Crippen molar-refractivity contribution in [1.82, 2.24) is 4.90 Å². The maximum absolute atomic E-state index is 14.0. The number of hydrogen-bond acceptors (Lipinski definition) is 3. The van der Waals surface area contributed by atoms with E-state index in [2.05, 4.69) is 30.0 Å². The number of aryl methyl sites for hydroxylation is 1. The zero-order valence-corrected chi connectivity index (χ0v) is 12.8. The van der Waals surface area contributed by atoms with Crippen LogP contribution in [0, 0.1) is 24.1 Å². The number of benzene rings is 1. The van der Waals surface area contributed by atoms with Crippen molar-refractivity contribution in [3.63, 3.8) is 0 Å². The Balaban J connectivity index is 1.82. The number of nitriles is 1. The summed E-state index contributed by atoms with van der Waals surface area (Å²) in [5.74, 6) is -0.220. The van der Waals surface area contributed by atoms with Crippen LogP contribution in [0.15, 0.2) is 30.3 Å². The molecule has 3 rings (SSSR count). The molecule has 0 bridgehead atoms. The number of rotatable bonds is 3. The molecule has 0 saturated carbocycles. The molecular weight excluding hydrogens is 283 g/mol. The fraction of sp³-hybridized carbons (Fsp3) is 0.353. The summed E-state index contributed by atoms with van der Waals surface area (Å²) in [4.78, 5) is 5.00. The normalized spacial score (nSPS) is 18.8. The molecule has 0 radical (unpaired) electrons. The first-order chi connectivity index (χ1) is 10.2. The molecule has 1 aromatic carbocycles. The topological polar surface area (TPSA) is 27.0 Å². The van der Waals surface area contributed by atoms with Crippen LogP contribution in [0.3, 0.4) is 0 Å². The van der Waals surface area contributed by atoms with Crippen LogP contribution in [0.2, 0.25) is 0 Å². The molecule has 108 valence electrons. The van der Waals surface area contributed by atoms with Gasteiger partial charge >= 0.3 is 0 Å². The number of halogens is 1. The van der Waals surface area contributed by atoms with Gasteiger partial charge in [-0.2, -0.15) is 5.26 Å². The Morgan fingerprint density at radius 3 is 2.95 bits per heavy atom. The van der Waals surface area contributed by atoms with Crippen molar-refractivity contribution in [3.8, 4) is 6.07 Å². The SMILES string of the molecule is Cc1ccc(C2CCCN2Cc2cc(C#N)ccc2F)s1. The van der Waals surface area contributed by atoms with E-state index in [9.17, 15) is 4.39 Å². The maximum Gasteiger partial charge on any atom is 0.127 e. The predicted molar refractivity (Wildman–Crippen MR) is 82.6 cm³/mol. The van der Waals surface area contributed by atoms with E-state index < -0.39 is 0 Å². The molecule has 1 fully saturated rings. The second-order valence-electron chi connectivity index (χ2n) is 5.49. The lowest BCUT2D eigenvalue weighted by molar-refractivity contribution is 0.248. The third-order valence-electron chi connectivity index (χ3n) is 4.00. The third kappa shape index (κ3) is 2.99. The van der Waals surface area contributed by atoms with Gasteiger partial charge in [0.1, 0.15) is 5.82 Å². The molecule has 1 atom stereocenters. The van der Waals surface area contributed by atoms with Crippen molar-refractivity contribution in [2.24, 2.45) is 0 Å². The van der Waals surface area contributed by atoms with Crippen LogP contribution in [0.5, 0.6) is 0 Å². The molecule has 0 amide bonds. The van der Waals surface area contributed by atoms with Gasteiger partial charge in [0.2, 0.25) is 0 Å². The van der Waals surface area contributed by atoms with E-state index in [-0.39, 0.29) is 5.82 Å². The van der Waals surface area contributed by atoms with E-state index >= 15 is 0 Å².